The van der Waals surface area contributed by atoms with Gasteiger partial charge in [-0.2, -0.15) is 12.2 Å². The van der Waals surface area contributed by atoms with Crippen molar-refractivity contribution in [3.63, 3.8) is 0 Å². The summed E-state index contributed by atoms with van der Waals surface area (Å²) in [5, 5.41) is 3.18. The summed E-state index contributed by atoms with van der Waals surface area (Å²) >= 11 is 0. The van der Waals surface area contributed by atoms with Crippen molar-refractivity contribution >= 4 is 15.2 Å². The molecule has 0 N–H and O–H groups in total. The van der Waals surface area contributed by atoms with Crippen molar-refractivity contribution < 1.29 is 46.5 Å². The van der Waals surface area contributed by atoms with E-state index in [0.29, 0.717) is 0 Å². The van der Waals surface area contributed by atoms with Crippen molar-refractivity contribution in [2.45, 2.75) is 52.9 Å². The molecule has 0 aliphatic heterocycles. The molecule has 0 unspecified atom stereocenters. The van der Waals surface area contributed by atoms with Gasteiger partial charge in [-0.15, -0.1) is 26.7 Å². The Morgan fingerprint density at radius 2 is 1.05 bits per heavy atom. The number of hydrogen-bond acceptors (Lipinski definition) is 0. The van der Waals surface area contributed by atoms with Crippen molar-refractivity contribution in [3.05, 3.63) is 45.8 Å². The summed E-state index contributed by atoms with van der Waals surface area (Å²) in [4.78, 5) is 0. The average Bonchev–Trinajstić information content (AvgIpc) is 2.86. The van der Waals surface area contributed by atoms with E-state index in [4.69, 9.17) is 0 Å². The Bertz CT molecular complexity index is 454. The Kier molecular flexibility index (Phi) is 9.71. The fraction of sp³-hybridized carbons (Fsp3) is 0.500. The molecule has 0 saturated heterocycles. The summed E-state index contributed by atoms with van der Waals surface area (Å²) in [5.74, 6) is 0. The van der Waals surface area contributed by atoms with E-state index in [0.717, 1.165) is 12.8 Å². The first kappa shape index (κ1) is 23.9. The van der Waals surface area contributed by atoms with Crippen molar-refractivity contribution in [2.75, 3.05) is 0 Å². The van der Waals surface area contributed by atoms with Crippen molar-refractivity contribution in [1.29, 1.82) is 0 Å². The SMILES string of the molecule is CC1=CC[C-]=C1[Si](C)(C)[Si](C)(C)C1=[C-]CC=C1C.[Cl-].[Cl-].[Ti+4]. The second-order valence-electron chi connectivity index (χ2n) is 6.54. The first-order valence-electron chi connectivity index (χ1n) is 6.85. The van der Waals surface area contributed by atoms with Gasteiger partial charge in [0, 0.05) is 15.2 Å². The fourth-order valence-corrected chi connectivity index (χ4v) is 13.1. The van der Waals surface area contributed by atoms with Gasteiger partial charge in [-0.25, -0.2) is 21.5 Å². The zero-order valence-electron chi connectivity index (χ0n) is 13.8. The Balaban J connectivity index is 0. The molecule has 2 aliphatic rings. The smallest absolute Gasteiger partial charge is 1.00 e. The summed E-state index contributed by atoms with van der Waals surface area (Å²) < 4.78 is 0. The molecule has 0 fully saturated rings. The molecule has 0 amide bonds. The predicted molar refractivity (Wildman–Crippen MR) is 85.2 cm³/mol. The molecule has 0 nitrogen and oxygen atoms in total. The molecule has 0 spiro atoms. The van der Waals surface area contributed by atoms with Crippen LogP contribution in [-0.4, -0.2) is 15.2 Å². The zero-order valence-corrected chi connectivity index (χ0v) is 18.9. The minimum atomic E-state index is -1.43. The number of halogens is 2. The molecular weight excluding hydrogens is 367 g/mol. The minimum absolute atomic E-state index is 0. The molecule has 2 rings (SSSR count). The van der Waals surface area contributed by atoms with Gasteiger partial charge in [-0.3, -0.25) is 12.2 Å². The van der Waals surface area contributed by atoms with Gasteiger partial charge in [0.2, 0.25) is 0 Å². The van der Waals surface area contributed by atoms with Gasteiger partial charge in [-0.05, 0) is 0 Å². The average molecular weight is 391 g/mol. The summed E-state index contributed by atoms with van der Waals surface area (Å²) in [6.45, 7) is 14.7. The maximum atomic E-state index is 3.65. The van der Waals surface area contributed by atoms with E-state index in [-0.39, 0.29) is 46.5 Å². The maximum absolute atomic E-state index is 3.65. The quantitative estimate of drug-likeness (QED) is 0.416. The van der Waals surface area contributed by atoms with E-state index >= 15 is 0 Å². The second kappa shape index (κ2) is 8.52. The molecule has 0 heterocycles. The monoisotopic (exact) mass is 390 g/mol. The van der Waals surface area contributed by atoms with E-state index in [1.54, 1.807) is 10.4 Å². The fourth-order valence-electron chi connectivity index (χ4n) is 3.15. The summed E-state index contributed by atoms with van der Waals surface area (Å²) in [7, 11) is -2.86. The van der Waals surface area contributed by atoms with Gasteiger partial charge in [0.1, 0.15) is 0 Å². The van der Waals surface area contributed by atoms with Crippen LogP contribution in [0, 0.1) is 12.2 Å². The third-order valence-electron chi connectivity index (χ3n) is 4.98. The number of rotatable bonds is 3. The number of allylic oxidation sites excluding steroid dienone is 8. The van der Waals surface area contributed by atoms with Crippen molar-refractivity contribution in [2.24, 2.45) is 0 Å². The first-order valence-corrected chi connectivity index (χ1v) is 13.9. The van der Waals surface area contributed by atoms with Crippen LogP contribution in [0.3, 0.4) is 0 Å². The Morgan fingerprint density at radius 1 is 0.762 bits per heavy atom. The van der Waals surface area contributed by atoms with Gasteiger partial charge >= 0.3 is 21.7 Å². The summed E-state index contributed by atoms with van der Waals surface area (Å²) in [6, 6.07) is 0. The van der Waals surface area contributed by atoms with Crippen LogP contribution in [0.4, 0.5) is 0 Å². The molecular formula is C16H24Cl2Si2Ti. The normalized spacial score (nSPS) is 17.6. The Hall–Kier alpha value is 0.688. The molecule has 114 valence electrons. The molecule has 0 aromatic carbocycles. The van der Waals surface area contributed by atoms with E-state index in [1.165, 1.54) is 11.1 Å². The van der Waals surface area contributed by atoms with Crippen molar-refractivity contribution in [3.8, 4) is 0 Å². The first-order chi connectivity index (χ1) is 8.28. The largest absolute Gasteiger partial charge is 4.00 e. The van der Waals surface area contributed by atoms with Crippen LogP contribution in [0.2, 0.25) is 26.2 Å². The maximum Gasteiger partial charge on any atom is 4.00 e. The van der Waals surface area contributed by atoms with Gasteiger partial charge < -0.3 is 24.8 Å². The van der Waals surface area contributed by atoms with Crippen LogP contribution in [0.25, 0.3) is 0 Å². The standard InChI is InChI=1S/C16H24Si2.2ClH.Ti/c1-13-9-7-11-15(13)17(3,4)18(5,6)16-12-8-10-14(16)2;;;/h9-10H,7-8H2,1-6H3;2*1H;/q-2;;;+4/p-2. The van der Waals surface area contributed by atoms with Crippen LogP contribution >= 0.6 is 0 Å². The van der Waals surface area contributed by atoms with E-state index in [9.17, 15) is 0 Å². The van der Waals surface area contributed by atoms with Gasteiger partial charge in [-0.1, -0.05) is 26.2 Å². The summed E-state index contributed by atoms with van der Waals surface area (Å²) in [6.07, 6.45) is 14.0. The molecule has 0 atom stereocenters. The zero-order chi connectivity index (χ0) is 13.6. The van der Waals surface area contributed by atoms with Crippen LogP contribution in [0.1, 0.15) is 26.7 Å². The third kappa shape index (κ3) is 4.16. The van der Waals surface area contributed by atoms with E-state index in [1.807, 2.05) is 0 Å². The minimum Gasteiger partial charge on any atom is -1.00 e. The topological polar surface area (TPSA) is 0 Å². The van der Waals surface area contributed by atoms with Gasteiger partial charge in [0.25, 0.3) is 0 Å². The van der Waals surface area contributed by atoms with Crippen molar-refractivity contribution in [1.82, 2.24) is 0 Å². The Morgan fingerprint density at radius 3 is 1.24 bits per heavy atom. The van der Waals surface area contributed by atoms with Crippen LogP contribution < -0.4 is 24.8 Å². The van der Waals surface area contributed by atoms with Crippen LogP contribution in [-0.2, 0) is 21.7 Å². The Labute approximate surface area is 159 Å². The van der Waals surface area contributed by atoms with Gasteiger partial charge in [0.15, 0.2) is 0 Å². The molecule has 21 heavy (non-hydrogen) atoms. The molecule has 0 aromatic heterocycles. The molecule has 0 saturated carbocycles. The molecule has 5 heteroatoms. The van der Waals surface area contributed by atoms with Crippen LogP contribution in [0.15, 0.2) is 33.7 Å². The van der Waals surface area contributed by atoms with E-state index in [2.05, 4.69) is 64.3 Å². The predicted octanol–water partition coefficient (Wildman–Crippen LogP) is -1.28. The van der Waals surface area contributed by atoms with Crippen LogP contribution in [0.5, 0.6) is 0 Å². The number of hydrogen-bond donors (Lipinski definition) is 0. The third-order valence-corrected chi connectivity index (χ3v) is 22.6. The molecule has 0 radical (unpaired) electrons. The van der Waals surface area contributed by atoms with Gasteiger partial charge in [0.05, 0.1) is 0 Å². The molecule has 0 aromatic rings. The van der Waals surface area contributed by atoms with E-state index < -0.39 is 15.2 Å². The molecule has 2 aliphatic carbocycles. The summed E-state index contributed by atoms with van der Waals surface area (Å²) in [5.41, 5.74) is 2.99. The molecule has 0 bridgehead atoms. The second-order valence-corrected chi connectivity index (χ2v) is 21.5.